The van der Waals surface area contributed by atoms with E-state index in [2.05, 4.69) is 13.0 Å². The molecule has 4 heteroatoms. The van der Waals surface area contributed by atoms with Crippen molar-refractivity contribution >= 4 is 5.97 Å². The molecule has 0 unspecified atom stereocenters. The lowest BCUT2D eigenvalue weighted by Crippen LogP contribution is -2.27. The smallest absolute Gasteiger partial charge is 0.344 e. The molecule has 2 aliphatic rings. The lowest BCUT2D eigenvalue weighted by atomic mass is 9.73. The van der Waals surface area contributed by atoms with Crippen molar-refractivity contribution in [3.05, 3.63) is 29.3 Å². The predicted molar refractivity (Wildman–Crippen MR) is 115 cm³/mol. The van der Waals surface area contributed by atoms with Crippen LogP contribution in [0.3, 0.4) is 0 Å². The first-order chi connectivity index (χ1) is 14.1. The van der Waals surface area contributed by atoms with E-state index in [0.717, 1.165) is 31.4 Å². The highest BCUT2D eigenvalue weighted by Crippen LogP contribution is 2.48. The van der Waals surface area contributed by atoms with Gasteiger partial charge in [0.1, 0.15) is 5.75 Å². The van der Waals surface area contributed by atoms with E-state index in [0.29, 0.717) is 24.4 Å². The van der Waals surface area contributed by atoms with Gasteiger partial charge >= 0.3 is 5.97 Å². The Morgan fingerprint density at radius 3 is 2.69 bits per heavy atom. The third-order valence-corrected chi connectivity index (χ3v) is 6.89. The second kappa shape index (κ2) is 11.0. The molecule has 1 saturated carbocycles. The first-order valence-corrected chi connectivity index (χ1v) is 11.7. The van der Waals surface area contributed by atoms with Crippen molar-refractivity contribution in [3.8, 4) is 5.75 Å². The van der Waals surface area contributed by atoms with Crippen LogP contribution in [0.1, 0.15) is 76.3 Å². The van der Waals surface area contributed by atoms with Gasteiger partial charge in [0.25, 0.3) is 0 Å². The molecule has 0 heterocycles. The minimum Gasteiger partial charge on any atom is -0.482 e. The minimum absolute atomic E-state index is 0.0400. The molecule has 1 aromatic rings. The number of aliphatic hydroxyl groups excluding tert-OH is 1. The molecular weight excluding hydrogens is 364 g/mol. The molecule has 29 heavy (non-hydrogen) atoms. The highest BCUT2D eigenvalue weighted by molar-refractivity contribution is 5.71. The van der Waals surface area contributed by atoms with Crippen LogP contribution in [0.4, 0.5) is 0 Å². The molecule has 0 aromatic heterocycles. The summed E-state index contributed by atoms with van der Waals surface area (Å²) in [4.78, 5) is 11.7. The van der Waals surface area contributed by atoms with Gasteiger partial charge in [-0.15, -0.1) is 0 Å². The van der Waals surface area contributed by atoms with E-state index >= 15 is 0 Å². The van der Waals surface area contributed by atoms with Crippen molar-refractivity contribution in [2.24, 2.45) is 17.8 Å². The van der Waals surface area contributed by atoms with E-state index in [-0.39, 0.29) is 18.7 Å². The van der Waals surface area contributed by atoms with E-state index in [9.17, 15) is 9.90 Å². The van der Waals surface area contributed by atoms with Crippen LogP contribution in [-0.2, 0) is 22.4 Å². The molecule has 0 bridgehead atoms. The number of aliphatic hydroxyl groups is 1. The van der Waals surface area contributed by atoms with Crippen LogP contribution in [0.5, 0.6) is 5.75 Å². The fraction of sp³-hybridized carbons (Fsp3) is 0.720. The van der Waals surface area contributed by atoms with Crippen LogP contribution in [0.25, 0.3) is 0 Å². The lowest BCUT2D eigenvalue weighted by molar-refractivity contribution is -0.145. The molecule has 0 saturated heterocycles. The number of carbonyl (C=O) groups excluding carboxylic acids is 1. The summed E-state index contributed by atoms with van der Waals surface area (Å²) >= 11 is 0. The number of ether oxygens (including phenoxy) is 2. The Hall–Kier alpha value is -1.55. The summed E-state index contributed by atoms with van der Waals surface area (Å²) in [5.74, 6) is 2.02. The number of hydrogen-bond acceptors (Lipinski definition) is 4. The van der Waals surface area contributed by atoms with Crippen molar-refractivity contribution in [1.29, 1.82) is 0 Å². The Labute approximate surface area is 176 Å². The molecule has 0 amide bonds. The van der Waals surface area contributed by atoms with E-state index in [1.807, 2.05) is 12.1 Å². The van der Waals surface area contributed by atoms with Crippen molar-refractivity contribution in [2.45, 2.75) is 84.2 Å². The van der Waals surface area contributed by atoms with Crippen molar-refractivity contribution in [1.82, 2.24) is 0 Å². The molecule has 3 rings (SSSR count). The summed E-state index contributed by atoms with van der Waals surface area (Å²) in [5, 5.41) is 10.8. The second-order valence-corrected chi connectivity index (χ2v) is 8.84. The summed E-state index contributed by atoms with van der Waals surface area (Å²) in [7, 11) is 0. The van der Waals surface area contributed by atoms with Crippen molar-refractivity contribution in [3.63, 3.8) is 0 Å². The molecule has 4 atom stereocenters. The van der Waals surface area contributed by atoms with Gasteiger partial charge in [-0.3, -0.25) is 0 Å². The van der Waals surface area contributed by atoms with Crippen LogP contribution in [0.15, 0.2) is 18.2 Å². The Bertz CT molecular complexity index is 656. The van der Waals surface area contributed by atoms with Crippen LogP contribution in [-0.4, -0.2) is 30.4 Å². The largest absolute Gasteiger partial charge is 0.482 e. The number of fused-ring (bicyclic) bond motifs is 2. The highest BCUT2D eigenvalue weighted by atomic mass is 16.6. The number of carbonyl (C=O) groups is 1. The molecule has 1 aromatic carbocycles. The fourth-order valence-electron chi connectivity index (χ4n) is 5.44. The zero-order valence-corrected chi connectivity index (χ0v) is 18.2. The molecule has 0 aliphatic heterocycles. The van der Waals surface area contributed by atoms with Crippen molar-refractivity contribution < 1.29 is 19.4 Å². The Balaban J connectivity index is 1.58. The first kappa shape index (κ1) is 22.1. The molecule has 2 aliphatic carbocycles. The maximum absolute atomic E-state index is 11.7. The molecular formula is C25H38O4. The van der Waals surface area contributed by atoms with E-state index in [1.54, 1.807) is 6.92 Å². The van der Waals surface area contributed by atoms with Gasteiger partial charge in [0.2, 0.25) is 0 Å². The van der Waals surface area contributed by atoms with E-state index in [1.165, 1.54) is 49.7 Å². The fourth-order valence-corrected chi connectivity index (χ4v) is 5.44. The molecule has 1 N–H and O–H groups in total. The number of unbranched alkanes of at least 4 members (excludes halogenated alkanes) is 5. The third kappa shape index (κ3) is 5.75. The lowest BCUT2D eigenvalue weighted by Gasteiger charge is -2.32. The molecule has 0 spiro atoms. The molecule has 1 fully saturated rings. The highest BCUT2D eigenvalue weighted by Gasteiger charge is 2.44. The van der Waals surface area contributed by atoms with Gasteiger partial charge in [0.05, 0.1) is 12.7 Å². The normalized spacial score (nSPS) is 25.3. The maximum Gasteiger partial charge on any atom is 0.344 e. The summed E-state index contributed by atoms with van der Waals surface area (Å²) in [6.07, 6.45) is 11.7. The standard InChI is InChI=1S/C25H38O4/c1-3-5-6-7-8-9-12-20-21-14-18-11-10-13-24(29-17-25(27)28-4-2)22(18)15-19(21)16-23(20)26/h10-11,13,19-21,23,26H,3-9,12,14-17H2,1-2H3/t19-,20+,21-,23+/m0/s1. The first-order valence-electron chi connectivity index (χ1n) is 11.7. The van der Waals surface area contributed by atoms with Crippen LogP contribution < -0.4 is 4.74 Å². The van der Waals surface area contributed by atoms with Crippen LogP contribution in [0.2, 0.25) is 0 Å². The third-order valence-electron chi connectivity index (χ3n) is 6.89. The Morgan fingerprint density at radius 2 is 1.90 bits per heavy atom. The zero-order valence-electron chi connectivity index (χ0n) is 18.2. The SMILES string of the molecule is CCCCCCCC[C@@H]1[C@H]2Cc3cccc(OCC(=O)OCC)c3C[C@H]2C[C@H]1O. The van der Waals surface area contributed by atoms with E-state index < -0.39 is 0 Å². The summed E-state index contributed by atoms with van der Waals surface area (Å²) in [5.41, 5.74) is 2.56. The van der Waals surface area contributed by atoms with Gasteiger partial charge in [-0.2, -0.15) is 0 Å². The predicted octanol–water partition coefficient (Wildman–Crippen LogP) is 5.09. The molecule has 0 radical (unpaired) electrons. The minimum atomic E-state index is -0.325. The molecule has 4 nitrogen and oxygen atoms in total. The maximum atomic E-state index is 11.7. The van der Waals surface area contributed by atoms with Gasteiger partial charge in [-0.25, -0.2) is 4.79 Å². The van der Waals surface area contributed by atoms with Crippen molar-refractivity contribution in [2.75, 3.05) is 13.2 Å². The number of hydrogen-bond donors (Lipinski definition) is 1. The molecule has 162 valence electrons. The average Bonchev–Trinajstić information content (AvgIpc) is 3.01. The van der Waals surface area contributed by atoms with Crippen LogP contribution >= 0.6 is 0 Å². The van der Waals surface area contributed by atoms with Gasteiger partial charge in [0.15, 0.2) is 6.61 Å². The summed E-state index contributed by atoms with van der Waals surface area (Å²) in [6.45, 7) is 4.39. The Kier molecular flexibility index (Phi) is 8.40. The topological polar surface area (TPSA) is 55.8 Å². The van der Waals surface area contributed by atoms with Gasteiger partial charge in [-0.05, 0) is 67.6 Å². The quantitative estimate of drug-likeness (QED) is 0.414. The number of rotatable bonds is 11. The summed E-state index contributed by atoms with van der Waals surface area (Å²) < 4.78 is 10.8. The van der Waals surface area contributed by atoms with Gasteiger partial charge < -0.3 is 14.6 Å². The summed E-state index contributed by atoms with van der Waals surface area (Å²) in [6, 6.07) is 6.17. The van der Waals surface area contributed by atoms with Gasteiger partial charge in [-0.1, -0.05) is 57.6 Å². The monoisotopic (exact) mass is 402 g/mol. The average molecular weight is 403 g/mol. The number of benzene rings is 1. The second-order valence-electron chi connectivity index (χ2n) is 8.84. The van der Waals surface area contributed by atoms with E-state index in [4.69, 9.17) is 9.47 Å². The van der Waals surface area contributed by atoms with Gasteiger partial charge in [0, 0.05) is 0 Å². The Morgan fingerprint density at radius 1 is 1.10 bits per heavy atom. The number of esters is 1. The zero-order chi connectivity index (χ0) is 20.6. The van der Waals surface area contributed by atoms with Crippen LogP contribution in [0, 0.1) is 17.8 Å².